The number of rotatable bonds is 7. The molecule has 0 spiro atoms. The smallest absolute Gasteiger partial charge is 0.243 e. The molecule has 2 rings (SSSR count). The number of likely N-dealkylation sites (N-methyl/N-ethyl adjacent to an activating group) is 1. The summed E-state index contributed by atoms with van der Waals surface area (Å²) in [4.78, 5) is 19.1. The number of carbonyl (C=O) groups excluding carboxylic acids is 1. The van der Waals surface area contributed by atoms with E-state index in [1.54, 1.807) is 30.3 Å². The molecule has 0 atom stereocenters. The summed E-state index contributed by atoms with van der Waals surface area (Å²) >= 11 is 1.69. The predicted octanol–water partition coefficient (Wildman–Crippen LogP) is 3.47. The first-order valence-corrected chi connectivity index (χ1v) is 9.57. The zero-order chi connectivity index (χ0) is 19.0. The molecule has 7 heteroatoms. The van der Waals surface area contributed by atoms with Crippen molar-refractivity contribution in [3.8, 4) is 0 Å². The van der Waals surface area contributed by atoms with E-state index in [2.05, 4.69) is 65.2 Å². The number of guanidine groups is 1. The highest BCUT2D eigenvalue weighted by Crippen LogP contribution is 2.21. The third-order valence-electron chi connectivity index (χ3n) is 4.13. The Balaban J connectivity index is 0.00000364. The van der Waals surface area contributed by atoms with Gasteiger partial charge in [0, 0.05) is 30.9 Å². The Morgan fingerprint density at radius 2 is 1.81 bits per heavy atom. The maximum Gasteiger partial charge on any atom is 0.243 e. The highest BCUT2D eigenvalue weighted by Gasteiger charge is 2.20. The maximum atomic E-state index is 11.9. The summed E-state index contributed by atoms with van der Waals surface area (Å²) in [6.45, 7) is 5.90. The Labute approximate surface area is 183 Å². The zero-order valence-electron chi connectivity index (χ0n) is 16.4. The molecule has 0 saturated carbocycles. The summed E-state index contributed by atoms with van der Waals surface area (Å²) < 4.78 is 0. The maximum absolute atomic E-state index is 11.9. The molecule has 0 aliphatic heterocycles. The Morgan fingerprint density at radius 3 is 2.41 bits per heavy atom. The lowest BCUT2D eigenvalue weighted by Crippen LogP contribution is -2.43. The summed E-state index contributed by atoms with van der Waals surface area (Å²) in [5, 5.41) is 8.76. The summed E-state index contributed by atoms with van der Waals surface area (Å²) in [6, 6.07) is 14.5. The van der Waals surface area contributed by atoms with E-state index in [-0.39, 0.29) is 41.8 Å². The van der Waals surface area contributed by atoms with Gasteiger partial charge in [-0.05, 0) is 17.0 Å². The van der Waals surface area contributed by atoms with E-state index in [4.69, 9.17) is 0 Å². The highest BCUT2D eigenvalue weighted by atomic mass is 127. The summed E-state index contributed by atoms with van der Waals surface area (Å²) in [6.07, 6.45) is 0. The van der Waals surface area contributed by atoms with Crippen LogP contribution in [0.15, 0.2) is 52.8 Å². The Bertz CT molecular complexity index is 715. The summed E-state index contributed by atoms with van der Waals surface area (Å²) in [5.74, 6) is 0.627. The Morgan fingerprint density at radius 1 is 1.11 bits per heavy atom. The van der Waals surface area contributed by atoms with Crippen LogP contribution < -0.4 is 10.6 Å². The molecule has 2 aromatic rings. The molecule has 27 heavy (non-hydrogen) atoms. The van der Waals surface area contributed by atoms with Crippen LogP contribution >= 0.6 is 35.3 Å². The van der Waals surface area contributed by atoms with Gasteiger partial charge >= 0.3 is 0 Å². The quantitative estimate of drug-likeness (QED) is 0.348. The fourth-order valence-corrected chi connectivity index (χ4v) is 2.99. The summed E-state index contributed by atoms with van der Waals surface area (Å²) in [5.41, 5.74) is 1.20. The van der Waals surface area contributed by atoms with Gasteiger partial charge < -0.3 is 15.5 Å². The van der Waals surface area contributed by atoms with Gasteiger partial charge in [-0.1, -0.05) is 50.2 Å². The van der Waals surface area contributed by atoms with Crippen molar-refractivity contribution >= 4 is 47.2 Å². The SMILES string of the molecule is CN(C)C(=O)CN=C(NCc1cccs1)NCC(C)(C)c1ccccc1.I. The lowest BCUT2D eigenvalue weighted by molar-refractivity contribution is -0.127. The molecule has 0 saturated heterocycles. The number of carbonyl (C=O) groups is 1. The minimum atomic E-state index is -0.0573. The second-order valence-electron chi connectivity index (χ2n) is 6.99. The third-order valence-corrected chi connectivity index (χ3v) is 5.01. The number of benzene rings is 1. The third kappa shape index (κ3) is 7.88. The van der Waals surface area contributed by atoms with Crippen LogP contribution in [0, 0.1) is 0 Å². The van der Waals surface area contributed by atoms with Gasteiger partial charge in [-0.2, -0.15) is 0 Å². The standard InChI is InChI=1S/C20H28N4OS.HI/c1-20(2,16-9-6-5-7-10-16)15-23-19(22-14-18(25)24(3)4)21-13-17-11-8-12-26-17;/h5-12H,13-15H2,1-4H3,(H2,21,22,23);1H. The number of halogens is 1. The van der Waals surface area contributed by atoms with Crippen molar-refractivity contribution < 1.29 is 4.79 Å². The molecule has 1 aromatic heterocycles. The van der Waals surface area contributed by atoms with E-state index in [1.165, 1.54) is 10.4 Å². The molecule has 0 bridgehead atoms. The molecule has 0 unspecified atom stereocenters. The Kier molecular flexibility index (Phi) is 9.79. The van der Waals surface area contributed by atoms with Gasteiger partial charge in [0.25, 0.3) is 0 Å². The monoisotopic (exact) mass is 500 g/mol. The van der Waals surface area contributed by atoms with E-state index in [0.717, 1.165) is 0 Å². The molecule has 1 heterocycles. The molecule has 0 aliphatic rings. The fraction of sp³-hybridized carbons (Fsp3) is 0.400. The van der Waals surface area contributed by atoms with Crippen molar-refractivity contribution in [3.05, 3.63) is 58.3 Å². The van der Waals surface area contributed by atoms with Crippen LogP contribution in [0.25, 0.3) is 0 Å². The minimum Gasteiger partial charge on any atom is -0.356 e. The fourth-order valence-electron chi connectivity index (χ4n) is 2.34. The number of aliphatic imine (C=N–C) groups is 1. The molecule has 0 aliphatic carbocycles. The van der Waals surface area contributed by atoms with Gasteiger partial charge in [0.2, 0.25) is 5.91 Å². The van der Waals surface area contributed by atoms with Crippen LogP contribution in [0.5, 0.6) is 0 Å². The molecule has 5 nitrogen and oxygen atoms in total. The molecule has 0 radical (unpaired) electrons. The largest absolute Gasteiger partial charge is 0.356 e. The molecular formula is C20H29IN4OS. The molecule has 148 valence electrons. The van der Waals surface area contributed by atoms with Gasteiger partial charge in [-0.3, -0.25) is 4.79 Å². The van der Waals surface area contributed by atoms with E-state index >= 15 is 0 Å². The molecular weight excluding hydrogens is 471 g/mol. The number of nitrogens with zero attached hydrogens (tertiary/aromatic N) is 2. The van der Waals surface area contributed by atoms with Crippen molar-refractivity contribution in [1.82, 2.24) is 15.5 Å². The molecule has 1 aromatic carbocycles. The number of nitrogens with one attached hydrogen (secondary N) is 2. The molecule has 0 fully saturated rings. The van der Waals surface area contributed by atoms with Gasteiger partial charge in [0.15, 0.2) is 5.96 Å². The number of thiophene rings is 1. The average Bonchev–Trinajstić information content (AvgIpc) is 3.15. The summed E-state index contributed by atoms with van der Waals surface area (Å²) in [7, 11) is 3.48. The number of hydrogen-bond acceptors (Lipinski definition) is 3. The second-order valence-corrected chi connectivity index (χ2v) is 8.02. The normalized spacial score (nSPS) is 11.5. The minimum absolute atomic E-state index is 0. The first kappa shape index (κ1) is 23.4. The van der Waals surface area contributed by atoms with Crippen LogP contribution in [0.2, 0.25) is 0 Å². The highest BCUT2D eigenvalue weighted by molar-refractivity contribution is 14.0. The van der Waals surface area contributed by atoms with E-state index in [1.807, 2.05) is 12.1 Å². The number of amides is 1. The van der Waals surface area contributed by atoms with Crippen molar-refractivity contribution in [2.45, 2.75) is 25.8 Å². The van der Waals surface area contributed by atoms with Gasteiger partial charge in [-0.25, -0.2) is 4.99 Å². The van der Waals surface area contributed by atoms with E-state index in [0.29, 0.717) is 19.0 Å². The topological polar surface area (TPSA) is 56.7 Å². The second kappa shape index (κ2) is 11.3. The van der Waals surface area contributed by atoms with Gasteiger partial charge in [0.1, 0.15) is 6.54 Å². The van der Waals surface area contributed by atoms with Gasteiger partial charge in [0.05, 0.1) is 6.54 Å². The first-order valence-electron chi connectivity index (χ1n) is 8.69. The first-order chi connectivity index (χ1) is 12.4. The van der Waals surface area contributed by atoms with Crippen LogP contribution in [0.3, 0.4) is 0 Å². The van der Waals surface area contributed by atoms with Crippen molar-refractivity contribution in [2.75, 3.05) is 27.2 Å². The Hall–Kier alpha value is -1.61. The van der Waals surface area contributed by atoms with Crippen LogP contribution in [-0.2, 0) is 16.8 Å². The molecule has 2 N–H and O–H groups in total. The van der Waals surface area contributed by atoms with Gasteiger partial charge in [-0.15, -0.1) is 35.3 Å². The van der Waals surface area contributed by atoms with E-state index < -0.39 is 0 Å². The molecule has 1 amide bonds. The van der Waals surface area contributed by atoms with Crippen LogP contribution in [0.4, 0.5) is 0 Å². The van der Waals surface area contributed by atoms with Crippen LogP contribution in [0.1, 0.15) is 24.3 Å². The number of hydrogen-bond donors (Lipinski definition) is 2. The lowest BCUT2D eigenvalue weighted by Gasteiger charge is -2.27. The van der Waals surface area contributed by atoms with Crippen molar-refractivity contribution in [3.63, 3.8) is 0 Å². The zero-order valence-corrected chi connectivity index (χ0v) is 19.5. The van der Waals surface area contributed by atoms with Crippen LogP contribution in [-0.4, -0.2) is 44.0 Å². The van der Waals surface area contributed by atoms with E-state index in [9.17, 15) is 4.79 Å². The lowest BCUT2D eigenvalue weighted by atomic mass is 9.85. The average molecular weight is 500 g/mol. The van der Waals surface area contributed by atoms with Crippen molar-refractivity contribution in [2.24, 2.45) is 4.99 Å². The predicted molar refractivity (Wildman–Crippen MR) is 125 cm³/mol. The van der Waals surface area contributed by atoms with Crippen molar-refractivity contribution in [1.29, 1.82) is 0 Å².